The van der Waals surface area contributed by atoms with Crippen LogP contribution in [0.4, 0.5) is 10.6 Å². The first-order chi connectivity index (χ1) is 10.8. The first-order valence-electron chi connectivity index (χ1n) is 7.33. The second-order valence-electron chi connectivity index (χ2n) is 5.20. The molecule has 2 aromatic rings. The normalized spacial score (nSPS) is 21.1. The maximum Gasteiger partial charge on any atom is 0.320 e. The average molecular weight is 298 g/mol. The largest absolute Gasteiger partial charge is 0.373 e. The number of rotatable bonds is 3. The molecule has 1 aromatic carbocycles. The number of ether oxygens (including phenoxy) is 1. The summed E-state index contributed by atoms with van der Waals surface area (Å²) in [5.41, 5.74) is 1.14. The zero-order valence-electron chi connectivity index (χ0n) is 12.1. The van der Waals surface area contributed by atoms with Gasteiger partial charge in [-0.15, -0.1) is 5.10 Å². The Balaban J connectivity index is 1.55. The number of hydrogen-bond donors (Lipinski definition) is 2. The van der Waals surface area contributed by atoms with Crippen LogP contribution in [0.5, 0.6) is 0 Å². The zero-order valence-corrected chi connectivity index (χ0v) is 12.1. The smallest absolute Gasteiger partial charge is 0.320 e. The van der Waals surface area contributed by atoms with Gasteiger partial charge in [0.2, 0.25) is 0 Å². The van der Waals surface area contributed by atoms with Gasteiger partial charge in [-0.2, -0.15) is 5.10 Å². The number of carbonyl (C=O) groups excluding carboxylic acids is 1. The van der Waals surface area contributed by atoms with Crippen LogP contribution in [0.15, 0.2) is 48.7 Å². The van der Waals surface area contributed by atoms with Gasteiger partial charge in [-0.3, -0.25) is 5.32 Å². The van der Waals surface area contributed by atoms with Crippen molar-refractivity contribution in [3.05, 3.63) is 54.2 Å². The van der Waals surface area contributed by atoms with Crippen LogP contribution in [0.2, 0.25) is 0 Å². The Labute approximate surface area is 128 Å². The molecule has 2 N–H and O–H groups in total. The molecular formula is C16H18N4O2. The Bertz CT molecular complexity index is 606. The summed E-state index contributed by atoms with van der Waals surface area (Å²) in [4.78, 5) is 12.0. The van der Waals surface area contributed by atoms with Crippen molar-refractivity contribution in [1.29, 1.82) is 0 Å². The third-order valence-electron chi connectivity index (χ3n) is 3.60. The number of benzene rings is 1. The van der Waals surface area contributed by atoms with Crippen molar-refractivity contribution in [2.45, 2.75) is 25.0 Å². The van der Waals surface area contributed by atoms with E-state index in [-0.39, 0.29) is 18.2 Å². The van der Waals surface area contributed by atoms with Crippen LogP contribution in [0, 0.1) is 0 Å². The van der Waals surface area contributed by atoms with Gasteiger partial charge in [0.1, 0.15) is 0 Å². The fourth-order valence-corrected chi connectivity index (χ4v) is 2.53. The molecule has 2 heterocycles. The van der Waals surface area contributed by atoms with Crippen molar-refractivity contribution in [2.24, 2.45) is 0 Å². The molecule has 114 valence electrons. The Morgan fingerprint density at radius 3 is 2.82 bits per heavy atom. The van der Waals surface area contributed by atoms with Crippen LogP contribution >= 0.6 is 0 Å². The molecule has 0 unspecified atom stereocenters. The van der Waals surface area contributed by atoms with Crippen LogP contribution in [0.3, 0.4) is 0 Å². The van der Waals surface area contributed by atoms with Gasteiger partial charge in [0.25, 0.3) is 0 Å². The summed E-state index contributed by atoms with van der Waals surface area (Å²) in [6.45, 7) is 0.635. The fraction of sp³-hybridized carbons (Fsp3) is 0.312. The van der Waals surface area contributed by atoms with Crippen molar-refractivity contribution in [2.75, 3.05) is 11.9 Å². The van der Waals surface area contributed by atoms with Gasteiger partial charge in [-0.05, 0) is 30.5 Å². The lowest BCUT2D eigenvalue weighted by Gasteiger charge is -2.30. The van der Waals surface area contributed by atoms with Gasteiger partial charge in [-0.25, -0.2) is 4.79 Å². The van der Waals surface area contributed by atoms with E-state index in [1.165, 1.54) is 0 Å². The molecule has 2 atom stereocenters. The predicted octanol–water partition coefficient (Wildman–Crippen LogP) is 2.52. The highest BCUT2D eigenvalue weighted by Crippen LogP contribution is 2.27. The maximum absolute atomic E-state index is 12.0. The van der Waals surface area contributed by atoms with Gasteiger partial charge in [0, 0.05) is 18.8 Å². The fourth-order valence-electron chi connectivity index (χ4n) is 2.53. The maximum atomic E-state index is 12.0. The second-order valence-corrected chi connectivity index (χ2v) is 5.20. The van der Waals surface area contributed by atoms with Gasteiger partial charge >= 0.3 is 6.03 Å². The van der Waals surface area contributed by atoms with E-state index in [1.807, 2.05) is 30.3 Å². The van der Waals surface area contributed by atoms with E-state index in [1.54, 1.807) is 18.3 Å². The Hall–Kier alpha value is -2.47. The van der Waals surface area contributed by atoms with Crippen LogP contribution in [-0.4, -0.2) is 28.9 Å². The van der Waals surface area contributed by atoms with Crippen molar-refractivity contribution in [1.82, 2.24) is 15.5 Å². The molecule has 0 spiro atoms. The van der Waals surface area contributed by atoms with Gasteiger partial charge < -0.3 is 10.1 Å². The molecule has 1 aromatic heterocycles. The molecule has 6 heteroatoms. The van der Waals surface area contributed by atoms with E-state index in [2.05, 4.69) is 20.8 Å². The van der Waals surface area contributed by atoms with E-state index in [0.717, 1.165) is 18.4 Å². The Morgan fingerprint density at radius 2 is 2.05 bits per heavy atom. The lowest BCUT2D eigenvalue weighted by Crippen LogP contribution is -2.42. The number of anilines is 1. The third-order valence-corrected chi connectivity index (χ3v) is 3.60. The van der Waals surface area contributed by atoms with Gasteiger partial charge in [0.15, 0.2) is 5.82 Å². The van der Waals surface area contributed by atoms with E-state index in [4.69, 9.17) is 4.74 Å². The molecule has 6 nitrogen and oxygen atoms in total. The second kappa shape index (κ2) is 7.00. The van der Waals surface area contributed by atoms with E-state index >= 15 is 0 Å². The molecule has 22 heavy (non-hydrogen) atoms. The molecule has 2 amide bonds. The number of nitrogens with one attached hydrogen (secondary N) is 2. The highest BCUT2D eigenvalue weighted by Gasteiger charge is 2.25. The van der Waals surface area contributed by atoms with Crippen molar-refractivity contribution in [3.63, 3.8) is 0 Å². The zero-order chi connectivity index (χ0) is 15.2. The SMILES string of the molecule is O=C(Nc1cccnn1)N[C@@H]1CCO[C@@H](c2ccccc2)C1. The van der Waals surface area contributed by atoms with Crippen LogP contribution in [-0.2, 0) is 4.74 Å². The molecule has 0 saturated carbocycles. The summed E-state index contributed by atoms with van der Waals surface area (Å²) in [6.07, 6.45) is 3.15. The van der Waals surface area contributed by atoms with E-state index in [9.17, 15) is 4.79 Å². The summed E-state index contributed by atoms with van der Waals surface area (Å²) >= 11 is 0. The topological polar surface area (TPSA) is 76.1 Å². The van der Waals surface area contributed by atoms with E-state index < -0.39 is 0 Å². The van der Waals surface area contributed by atoms with Gasteiger partial charge in [-0.1, -0.05) is 30.3 Å². The lowest BCUT2D eigenvalue weighted by molar-refractivity contribution is 0.00253. The number of carbonyl (C=O) groups is 1. The summed E-state index contributed by atoms with van der Waals surface area (Å²) in [5.74, 6) is 0.437. The first-order valence-corrected chi connectivity index (χ1v) is 7.33. The summed E-state index contributed by atoms with van der Waals surface area (Å²) in [6, 6.07) is 13.3. The molecule has 1 aliphatic heterocycles. The third kappa shape index (κ3) is 3.79. The monoisotopic (exact) mass is 298 g/mol. The van der Waals surface area contributed by atoms with Crippen molar-refractivity contribution < 1.29 is 9.53 Å². The molecule has 1 aliphatic rings. The Morgan fingerprint density at radius 1 is 1.18 bits per heavy atom. The minimum Gasteiger partial charge on any atom is -0.373 e. The quantitative estimate of drug-likeness (QED) is 0.913. The number of amides is 2. The van der Waals surface area contributed by atoms with Crippen LogP contribution in [0.25, 0.3) is 0 Å². The molecule has 1 saturated heterocycles. The molecular weight excluding hydrogens is 280 g/mol. The molecule has 0 bridgehead atoms. The minimum absolute atomic E-state index is 0.0248. The predicted molar refractivity (Wildman–Crippen MR) is 82.3 cm³/mol. The number of urea groups is 1. The van der Waals surface area contributed by atoms with Crippen LogP contribution < -0.4 is 10.6 Å². The van der Waals surface area contributed by atoms with Gasteiger partial charge in [0.05, 0.1) is 6.10 Å². The van der Waals surface area contributed by atoms with E-state index in [0.29, 0.717) is 12.4 Å². The number of hydrogen-bond acceptors (Lipinski definition) is 4. The van der Waals surface area contributed by atoms with Crippen molar-refractivity contribution in [3.8, 4) is 0 Å². The van der Waals surface area contributed by atoms with Crippen molar-refractivity contribution >= 4 is 11.8 Å². The number of nitrogens with zero attached hydrogens (tertiary/aromatic N) is 2. The summed E-state index contributed by atoms with van der Waals surface area (Å²) < 4.78 is 5.80. The standard InChI is InChI=1S/C16H18N4O2/c21-16(19-15-7-4-9-17-20-15)18-13-8-10-22-14(11-13)12-5-2-1-3-6-12/h1-7,9,13-14H,8,10-11H2,(H2,18,19,20,21)/t13-,14-/m1/s1. The first kappa shape index (κ1) is 14.5. The molecule has 1 fully saturated rings. The molecule has 0 radical (unpaired) electrons. The number of aromatic nitrogens is 2. The lowest BCUT2D eigenvalue weighted by atomic mass is 9.97. The molecule has 3 rings (SSSR count). The summed E-state index contributed by atoms with van der Waals surface area (Å²) in [5, 5.41) is 13.2. The highest BCUT2D eigenvalue weighted by molar-refractivity contribution is 5.88. The average Bonchev–Trinajstić information content (AvgIpc) is 2.57. The summed E-state index contributed by atoms with van der Waals surface area (Å²) in [7, 11) is 0. The van der Waals surface area contributed by atoms with Crippen LogP contribution in [0.1, 0.15) is 24.5 Å². The Kier molecular flexibility index (Phi) is 4.60. The minimum atomic E-state index is -0.265. The molecule has 0 aliphatic carbocycles. The highest BCUT2D eigenvalue weighted by atomic mass is 16.5.